The molecule has 1 aromatic heterocycles. The summed E-state index contributed by atoms with van der Waals surface area (Å²) in [7, 11) is -3.09. The molecule has 0 radical (unpaired) electrons. The van der Waals surface area contributed by atoms with Gasteiger partial charge in [-0.1, -0.05) is 6.07 Å². The standard InChI is InChI=1S/C25H32F5N3O4S/c1-4-33-22(19-10-7-16(11-12-25(28,29)30)13-20(19)37-24(26)27)15(2)21(32-33)23(34)31-14-17-5-8-18(9-6-17)38(3,35)36/h7,10,13,17-18,24H,4-6,8-9,11-12,14H2,1-3H3,(H,31,34). The largest absolute Gasteiger partial charge is 0.434 e. The summed E-state index contributed by atoms with van der Waals surface area (Å²) in [5.74, 6) is -0.633. The maximum absolute atomic E-state index is 13.2. The summed E-state index contributed by atoms with van der Waals surface area (Å²) < 4.78 is 93.9. The molecule has 3 rings (SSSR count). The van der Waals surface area contributed by atoms with Gasteiger partial charge in [0.05, 0.1) is 10.9 Å². The van der Waals surface area contributed by atoms with Crippen LogP contribution in [-0.2, 0) is 22.8 Å². The smallest absolute Gasteiger partial charge is 0.389 e. The lowest BCUT2D eigenvalue weighted by Crippen LogP contribution is -2.34. The Hall–Kier alpha value is -2.70. The number of carbonyl (C=O) groups is 1. The third-order valence-corrected chi connectivity index (χ3v) is 8.55. The normalized spacial score (nSPS) is 18.6. The molecule has 2 aromatic rings. The van der Waals surface area contributed by atoms with Crippen LogP contribution in [-0.4, -0.2) is 54.9 Å². The van der Waals surface area contributed by atoms with Crippen molar-refractivity contribution in [2.75, 3.05) is 12.8 Å². The van der Waals surface area contributed by atoms with Crippen molar-refractivity contribution in [2.45, 2.75) is 77.0 Å². The quantitative estimate of drug-likeness (QED) is 0.395. The number of sulfone groups is 1. The van der Waals surface area contributed by atoms with E-state index in [0.29, 0.717) is 50.0 Å². The highest BCUT2D eigenvalue weighted by atomic mass is 32.2. The Morgan fingerprint density at radius 3 is 2.42 bits per heavy atom. The van der Waals surface area contributed by atoms with Gasteiger partial charge < -0.3 is 10.1 Å². The molecule has 1 heterocycles. The molecule has 1 aliphatic rings. The van der Waals surface area contributed by atoms with Gasteiger partial charge in [0.1, 0.15) is 15.6 Å². The summed E-state index contributed by atoms with van der Waals surface area (Å²) in [5, 5.41) is 6.84. The summed E-state index contributed by atoms with van der Waals surface area (Å²) >= 11 is 0. The van der Waals surface area contributed by atoms with Gasteiger partial charge in [-0.25, -0.2) is 8.42 Å². The van der Waals surface area contributed by atoms with Gasteiger partial charge in [-0.2, -0.15) is 27.1 Å². The number of alkyl halides is 5. The van der Waals surface area contributed by atoms with Crippen molar-refractivity contribution in [1.82, 2.24) is 15.1 Å². The number of rotatable bonds is 10. The van der Waals surface area contributed by atoms with E-state index in [-0.39, 0.29) is 33.7 Å². The average Bonchev–Trinajstić information content (AvgIpc) is 3.16. The molecule has 13 heteroatoms. The Kier molecular flexibility index (Phi) is 9.43. The van der Waals surface area contributed by atoms with Gasteiger partial charge in [0.15, 0.2) is 5.69 Å². The minimum Gasteiger partial charge on any atom is -0.434 e. The molecule has 1 N–H and O–H groups in total. The lowest BCUT2D eigenvalue weighted by molar-refractivity contribution is -0.134. The summed E-state index contributed by atoms with van der Waals surface area (Å²) in [6.07, 6.45) is -2.24. The van der Waals surface area contributed by atoms with E-state index in [1.807, 2.05) is 0 Å². The third-order valence-electron chi connectivity index (χ3n) is 6.87. The number of aromatic nitrogens is 2. The zero-order chi connectivity index (χ0) is 28.3. The molecule has 0 bridgehead atoms. The van der Waals surface area contributed by atoms with E-state index < -0.39 is 41.4 Å². The third kappa shape index (κ3) is 7.67. The summed E-state index contributed by atoms with van der Waals surface area (Å²) in [6.45, 7) is 0.804. The second-order valence-corrected chi connectivity index (χ2v) is 12.0. The Morgan fingerprint density at radius 1 is 1.21 bits per heavy atom. The van der Waals surface area contributed by atoms with Crippen LogP contribution in [0.3, 0.4) is 0 Å². The fourth-order valence-electron chi connectivity index (χ4n) is 4.82. The van der Waals surface area contributed by atoms with Crippen LogP contribution in [0.15, 0.2) is 18.2 Å². The number of hydrogen-bond donors (Lipinski definition) is 1. The monoisotopic (exact) mass is 565 g/mol. The molecule has 7 nitrogen and oxygen atoms in total. The van der Waals surface area contributed by atoms with E-state index in [9.17, 15) is 35.2 Å². The predicted octanol–water partition coefficient (Wildman–Crippen LogP) is 5.31. The molecule has 1 saturated carbocycles. The predicted molar refractivity (Wildman–Crippen MR) is 132 cm³/mol. The Labute approximate surface area is 218 Å². The van der Waals surface area contributed by atoms with Crippen LogP contribution < -0.4 is 10.1 Å². The van der Waals surface area contributed by atoms with Crippen molar-refractivity contribution in [3.63, 3.8) is 0 Å². The highest BCUT2D eigenvalue weighted by Crippen LogP contribution is 2.36. The molecule has 0 aliphatic heterocycles. The van der Waals surface area contributed by atoms with Crippen LogP contribution in [0.4, 0.5) is 22.0 Å². The number of carbonyl (C=O) groups excluding carboxylic acids is 1. The number of benzene rings is 1. The van der Waals surface area contributed by atoms with Gasteiger partial charge >= 0.3 is 12.8 Å². The van der Waals surface area contributed by atoms with Gasteiger partial charge in [-0.05, 0) is 69.6 Å². The van der Waals surface area contributed by atoms with E-state index >= 15 is 0 Å². The SMILES string of the molecule is CCn1nc(C(=O)NCC2CCC(S(C)(=O)=O)CC2)c(C)c1-c1ccc(CCC(F)(F)F)cc1OC(F)F. The Balaban J connectivity index is 1.81. The summed E-state index contributed by atoms with van der Waals surface area (Å²) in [4.78, 5) is 13.0. The van der Waals surface area contributed by atoms with Crippen molar-refractivity contribution >= 4 is 15.7 Å². The molecular formula is C25H32F5N3O4S. The molecule has 1 aromatic carbocycles. The number of halogens is 5. The van der Waals surface area contributed by atoms with Crippen molar-refractivity contribution in [3.05, 3.63) is 35.0 Å². The van der Waals surface area contributed by atoms with Gasteiger partial charge in [0, 0.05) is 36.9 Å². The van der Waals surface area contributed by atoms with Crippen LogP contribution in [0.5, 0.6) is 5.75 Å². The highest BCUT2D eigenvalue weighted by Gasteiger charge is 2.30. The first kappa shape index (κ1) is 29.9. The maximum atomic E-state index is 13.2. The van der Waals surface area contributed by atoms with Crippen molar-refractivity contribution in [3.8, 4) is 17.0 Å². The fraction of sp³-hybridized carbons (Fsp3) is 0.600. The van der Waals surface area contributed by atoms with Crippen LogP contribution in [0, 0.1) is 12.8 Å². The number of ether oxygens (including phenoxy) is 1. The van der Waals surface area contributed by atoms with E-state index in [1.165, 1.54) is 23.1 Å². The zero-order valence-electron chi connectivity index (χ0n) is 21.4. The minimum atomic E-state index is -4.39. The number of amides is 1. The minimum absolute atomic E-state index is 0.0933. The van der Waals surface area contributed by atoms with Gasteiger partial charge in [-0.15, -0.1) is 0 Å². The molecule has 0 atom stereocenters. The molecule has 1 fully saturated rings. The average molecular weight is 566 g/mol. The van der Waals surface area contributed by atoms with Crippen LogP contribution in [0.1, 0.15) is 60.6 Å². The van der Waals surface area contributed by atoms with Crippen LogP contribution >= 0.6 is 0 Å². The number of nitrogens with one attached hydrogen (secondary N) is 1. The van der Waals surface area contributed by atoms with E-state index in [4.69, 9.17) is 0 Å². The number of aryl methyl sites for hydroxylation is 2. The second kappa shape index (κ2) is 12.0. The molecule has 212 valence electrons. The zero-order valence-corrected chi connectivity index (χ0v) is 22.3. The van der Waals surface area contributed by atoms with Gasteiger partial charge in [0.2, 0.25) is 0 Å². The topological polar surface area (TPSA) is 90.3 Å². The van der Waals surface area contributed by atoms with Crippen molar-refractivity contribution < 1.29 is 39.9 Å². The molecular weight excluding hydrogens is 533 g/mol. The first-order valence-electron chi connectivity index (χ1n) is 12.4. The van der Waals surface area contributed by atoms with E-state index in [0.717, 1.165) is 6.07 Å². The van der Waals surface area contributed by atoms with Crippen LogP contribution in [0.2, 0.25) is 0 Å². The lowest BCUT2D eigenvalue weighted by atomic mass is 9.89. The van der Waals surface area contributed by atoms with Gasteiger partial charge in [0.25, 0.3) is 5.91 Å². The van der Waals surface area contributed by atoms with Gasteiger partial charge in [-0.3, -0.25) is 9.48 Å². The number of hydrogen-bond acceptors (Lipinski definition) is 5. The van der Waals surface area contributed by atoms with E-state index in [2.05, 4.69) is 15.2 Å². The first-order chi connectivity index (χ1) is 17.7. The maximum Gasteiger partial charge on any atom is 0.389 e. The molecule has 1 amide bonds. The Bertz CT molecular complexity index is 1240. The summed E-state index contributed by atoms with van der Waals surface area (Å²) in [5.41, 5.74) is 1.23. The van der Waals surface area contributed by atoms with E-state index in [1.54, 1.807) is 13.8 Å². The van der Waals surface area contributed by atoms with Crippen molar-refractivity contribution in [1.29, 1.82) is 0 Å². The second-order valence-electron chi connectivity index (χ2n) is 9.64. The Morgan fingerprint density at radius 2 is 1.87 bits per heavy atom. The molecule has 0 saturated heterocycles. The lowest BCUT2D eigenvalue weighted by Gasteiger charge is -2.27. The molecule has 1 aliphatic carbocycles. The molecule has 38 heavy (non-hydrogen) atoms. The molecule has 0 unspecified atom stereocenters. The highest BCUT2D eigenvalue weighted by molar-refractivity contribution is 7.91. The molecule has 0 spiro atoms. The fourth-order valence-corrected chi connectivity index (χ4v) is 5.95. The van der Waals surface area contributed by atoms with Crippen molar-refractivity contribution in [2.24, 2.45) is 5.92 Å². The number of nitrogens with zero attached hydrogens (tertiary/aromatic N) is 2. The summed E-state index contributed by atoms with van der Waals surface area (Å²) in [6, 6.07) is 3.98. The first-order valence-corrected chi connectivity index (χ1v) is 14.3. The van der Waals surface area contributed by atoms with Crippen LogP contribution in [0.25, 0.3) is 11.3 Å².